The van der Waals surface area contributed by atoms with Gasteiger partial charge < -0.3 is 9.47 Å². The van der Waals surface area contributed by atoms with Gasteiger partial charge in [-0.1, -0.05) is 146 Å². The van der Waals surface area contributed by atoms with E-state index in [-0.39, 0.29) is 0 Å². The van der Waals surface area contributed by atoms with Gasteiger partial charge in [-0.3, -0.25) is 0 Å². The molecule has 9 rings (SSSR count). The van der Waals surface area contributed by atoms with E-state index in [9.17, 15) is 0 Å². The van der Waals surface area contributed by atoms with Gasteiger partial charge in [-0.15, -0.1) is 0 Å². The van der Waals surface area contributed by atoms with Crippen molar-refractivity contribution in [1.29, 1.82) is 0 Å². The maximum Gasteiger partial charge on any atom is 0.0562 e. The molecule has 0 saturated carbocycles. The van der Waals surface area contributed by atoms with Gasteiger partial charge in [0.15, 0.2) is 0 Å². The minimum Gasteiger partial charge on any atom is -0.309 e. The van der Waals surface area contributed by atoms with Gasteiger partial charge in [-0.2, -0.15) is 0 Å². The standard InChI is InChI=1S/C46H32N2/c1-4-17-33(18-5-1)38-25-12-14-27-41(38)48(45-32-36-22-11-10-21-35(36)31-40(45)34-19-6-2-7-20-34)44-30-16-29-43-46(44)39-26-13-15-28-42(39)47(43)37-23-8-3-9-24-37/h1-32H. The zero-order valence-corrected chi connectivity index (χ0v) is 26.4. The molecule has 0 spiro atoms. The average molecular weight is 613 g/mol. The van der Waals surface area contributed by atoms with Crippen molar-refractivity contribution in [2.24, 2.45) is 0 Å². The maximum absolute atomic E-state index is 2.50. The van der Waals surface area contributed by atoms with Gasteiger partial charge in [-0.05, 0) is 70.4 Å². The van der Waals surface area contributed by atoms with Crippen LogP contribution in [-0.2, 0) is 0 Å². The van der Waals surface area contributed by atoms with Gasteiger partial charge in [0.05, 0.1) is 28.1 Å². The summed E-state index contributed by atoms with van der Waals surface area (Å²) in [4.78, 5) is 2.50. The Labute approximate surface area is 280 Å². The molecule has 0 atom stereocenters. The molecule has 0 saturated heterocycles. The Morgan fingerprint density at radius 3 is 1.65 bits per heavy atom. The second kappa shape index (κ2) is 11.8. The topological polar surface area (TPSA) is 8.17 Å². The largest absolute Gasteiger partial charge is 0.309 e. The number of hydrogen-bond donors (Lipinski definition) is 0. The number of para-hydroxylation sites is 3. The highest BCUT2D eigenvalue weighted by molar-refractivity contribution is 6.17. The molecule has 0 radical (unpaired) electrons. The van der Waals surface area contributed by atoms with E-state index in [1.807, 2.05) is 0 Å². The van der Waals surface area contributed by atoms with Crippen molar-refractivity contribution in [3.8, 4) is 27.9 Å². The Morgan fingerprint density at radius 1 is 0.354 bits per heavy atom. The summed E-state index contributed by atoms with van der Waals surface area (Å²) in [5.41, 5.74) is 11.6. The van der Waals surface area contributed by atoms with E-state index in [1.54, 1.807) is 0 Å². The van der Waals surface area contributed by atoms with Crippen LogP contribution in [0.25, 0.3) is 60.5 Å². The molecule has 48 heavy (non-hydrogen) atoms. The summed E-state index contributed by atoms with van der Waals surface area (Å²) in [6.07, 6.45) is 0. The van der Waals surface area contributed by atoms with E-state index in [0.29, 0.717) is 0 Å². The monoisotopic (exact) mass is 612 g/mol. The summed E-state index contributed by atoms with van der Waals surface area (Å²) in [6.45, 7) is 0. The second-order valence-corrected chi connectivity index (χ2v) is 12.2. The van der Waals surface area contributed by atoms with Crippen LogP contribution in [0.1, 0.15) is 0 Å². The average Bonchev–Trinajstić information content (AvgIpc) is 3.51. The molecule has 2 nitrogen and oxygen atoms in total. The Hall–Kier alpha value is -6.38. The molecule has 0 amide bonds. The number of benzene rings is 8. The molecular formula is C46H32N2. The first-order valence-corrected chi connectivity index (χ1v) is 16.5. The highest BCUT2D eigenvalue weighted by Gasteiger charge is 2.25. The molecule has 0 aliphatic carbocycles. The van der Waals surface area contributed by atoms with Crippen LogP contribution in [0, 0.1) is 0 Å². The van der Waals surface area contributed by atoms with E-state index in [4.69, 9.17) is 0 Å². The zero-order chi connectivity index (χ0) is 31.9. The number of nitrogens with zero attached hydrogens (tertiary/aromatic N) is 2. The van der Waals surface area contributed by atoms with Crippen molar-refractivity contribution in [3.05, 3.63) is 194 Å². The minimum atomic E-state index is 1.13. The number of anilines is 3. The molecular weight excluding hydrogens is 581 g/mol. The molecule has 0 unspecified atom stereocenters. The van der Waals surface area contributed by atoms with Crippen LogP contribution in [0.2, 0.25) is 0 Å². The lowest BCUT2D eigenvalue weighted by Gasteiger charge is -2.31. The van der Waals surface area contributed by atoms with E-state index in [0.717, 1.165) is 22.7 Å². The second-order valence-electron chi connectivity index (χ2n) is 12.2. The molecule has 8 aromatic carbocycles. The summed E-state index contributed by atoms with van der Waals surface area (Å²) >= 11 is 0. The molecule has 9 aromatic rings. The van der Waals surface area contributed by atoms with Gasteiger partial charge in [0, 0.05) is 27.6 Å². The fraction of sp³-hybridized carbons (Fsp3) is 0. The van der Waals surface area contributed by atoms with Gasteiger partial charge in [0.25, 0.3) is 0 Å². The third-order valence-electron chi connectivity index (χ3n) is 9.35. The Bertz CT molecular complexity index is 2550. The molecule has 2 heteroatoms. The van der Waals surface area contributed by atoms with E-state index >= 15 is 0 Å². The number of aromatic nitrogens is 1. The van der Waals surface area contributed by atoms with Crippen LogP contribution in [0.3, 0.4) is 0 Å². The van der Waals surface area contributed by atoms with Crippen LogP contribution >= 0.6 is 0 Å². The third kappa shape index (κ3) is 4.66. The SMILES string of the molecule is c1ccc(-c2ccccc2N(c2cc3ccccc3cc2-c2ccccc2)c2cccc3c2c2ccccc2n3-c2ccccc2)cc1. The molecule has 0 fully saturated rings. The normalized spacial score (nSPS) is 11.3. The number of fused-ring (bicyclic) bond motifs is 4. The lowest BCUT2D eigenvalue weighted by Crippen LogP contribution is -2.13. The zero-order valence-electron chi connectivity index (χ0n) is 26.4. The van der Waals surface area contributed by atoms with Gasteiger partial charge in [-0.25, -0.2) is 0 Å². The fourth-order valence-electron chi connectivity index (χ4n) is 7.22. The minimum absolute atomic E-state index is 1.13. The molecule has 0 N–H and O–H groups in total. The molecule has 1 aromatic heterocycles. The van der Waals surface area contributed by atoms with Gasteiger partial charge >= 0.3 is 0 Å². The van der Waals surface area contributed by atoms with E-state index in [2.05, 4.69) is 204 Å². The van der Waals surface area contributed by atoms with Crippen molar-refractivity contribution in [2.45, 2.75) is 0 Å². The lowest BCUT2D eigenvalue weighted by molar-refractivity contribution is 1.18. The van der Waals surface area contributed by atoms with Crippen molar-refractivity contribution in [3.63, 3.8) is 0 Å². The first-order chi connectivity index (χ1) is 23.8. The highest BCUT2D eigenvalue weighted by Crippen LogP contribution is 2.49. The summed E-state index contributed by atoms with van der Waals surface area (Å²) in [7, 11) is 0. The van der Waals surface area contributed by atoms with Crippen LogP contribution in [-0.4, -0.2) is 4.57 Å². The van der Waals surface area contributed by atoms with Crippen LogP contribution in [0.5, 0.6) is 0 Å². The fourth-order valence-corrected chi connectivity index (χ4v) is 7.22. The number of hydrogen-bond acceptors (Lipinski definition) is 1. The first-order valence-electron chi connectivity index (χ1n) is 16.5. The van der Waals surface area contributed by atoms with Crippen LogP contribution < -0.4 is 4.90 Å². The summed E-state index contributed by atoms with van der Waals surface area (Å²) in [5, 5.41) is 4.85. The smallest absolute Gasteiger partial charge is 0.0562 e. The Kier molecular flexibility index (Phi) is 6.84. The van der Waals surface area contributed by atoms with Crippen LogP contribution in [0.15, 0.2) is 194 Å². The van der Waals surface area contributed by atoms with Crippen LogP contribution in [0.4, 0.5) is 17.1 Å². The molecule has 226 valence electrons. The molecule has 0 bridgehead atoms. The Morgan fingerprint density at radius 2 is 0.896 bits per heavy atom. The maximum atomic E-state index is 2.50. The summed E-state index contributed by atoms with van der Waals surface area (Å²) in [5.74, 6) is 0. The van der Waals surface area contributed by atoms with E-state index in [1.165, 1.54) is 54.8 Å². The van der Waals surface area contributed by atoms with Gasteiger partial charge in [0.1, 0.15) is 0 Å². The van der Waals surface area contributed by atoms with Crippen molar-refractivity contribution in [1.82, 2.24) is 4.57 Å². The van der Waals surface area contributed by atoms with Crippen molar-refractivity contribution < 1.29 is 0 Å². The lowest BCUT2D eigenvalue weighted by atomic mass is 9.95. The van der Waals surface area contributed by atoms with Gasteiger partial charge in [0.2, 0.25) is 0 Å². The third-order valence-corrected chi connectivity index (χ3v) is 9.35. The van der Waals surface area contributed by atoms with E-state index < -0.39 is 0 Å². The van der Waals surface area contributed by atoms with Crippen molar-refractivity contribution >= 4 is 49.6 Å². The number of rotatable bonds is 6. The molecule has 0 aliphatic heterocycles. The van der Waals surface area contributed by atoms with Crippen molar-refractivity contribution in [2.75, 3.05) is 4.90 Å². The quantitative estimate of drug-likeness (QED) is 0.181. The first kappa shape index (κ1) is 27.9. The highest BCUT2D eigenvalue weighted by atomic mass is 15.2. The Balaban J connectivity index is 1.44. The predicted molar refractivity (Wildman–Crippen MR) is 204 cm³/mol. The summed E-state index contributed by atoms with van der Waals surface area (Å²) in [6, 6.07) is 70.0. The summed E-state index contributed by atoms with van der Waals surface area (Å²) < 4.78 is 2.40. The predicted octanol–water partition coefficient (Wildman–Crippen LogP) is 12.7. The molecule has 1 heterocycles. The molecule has 0 aliphatic rings.